The SMILES string of the molecule is C[C-](C)CC(C)C(C)(C)CC(=O)O.[Y]. The van der Waals surface area contributed by atoms with Crippen LogP contribution in [0.15, 0.2) is 0 Å². The van der Waals surface area contributed by atoms with Gasteiger partial charge in [-0.3, -0.25) is 4.79 Å². The van der Waals surface area contributed by atoms with Gasteiger partial charge in [-0.15, -0.1) is 0 Å². The fourth-order valence-corrected chi connectivity index (χ4v) is 1.45. The van der Waals surface area contributed by atoms with E-state index in [9.17, 15) is 4.79 Å². The summed E-state index contributed by atoms with van der Waals surface area (Å²) in [6.45, 7) is 10.3. The van der Waals surface area contributed by atoms with Crippen LogP contribution in [0.4, 0.5) is 0 Å². The molecule has 0 aromatic rings. The predicted octanol–water partition coefficient (Wildman–Crippen LogP) is 3.13. The Morgan fingerprint density at radius 3 is 2.14 bits per heavy atom. The number of carboxylic acids is 1. The maximum atomic E-state index is 10.6. The monoisotopic (exact) mass is 274 g/mol. The molecule has 0 aromatic heterocycles. The van der Waals surface area contributed by atoms with Gasteiger partial charge in [0, 0.05) is 32.7 Å². The molecule has 1 N–H and O–H groups in total. The first-order valence-electron chi connectivity index (χ1n) is 4.76. The van der Waals surface area contributed by atoms with Gasteiger partial charge in [0.1, 0.15) is 0 Å². The van der Waals surface area contributed by atoms with E-state index in [1.165, 1.54) is 5.92 Å². The molecule has 0 rings (SSSR count). The summed E-state index contributed by atoms with van der Waals surface area (Å²) >= 11 is 0. The molecule has 14 heavy (non-hydrogen) atoms. The quantitative estimate of drug-likeness (QED) is 0.782. The molecule has 0 aliphatic rings. The fraction of sp³-hybridized carbons (Fsp3) is 0.818. The van der Waals surface area contributed by atoms with E-state index in [1.807, 2.05) is 13.8 Å². The summed E-state index contributed by atoms with van der Waals surface area (Å²) in [6.07, 6.45) is 1.27. The van der Waals surface area contributed by atoms with Crippen LogP contribution in [0.5, 0.6) is 0 Å². The van der Waals surface area contributed by atoms with Crippen LogP contribution in [0.2, 0.25) is 0 Å². The summed E-state index contributed by atoms with van der Waals surface area (Å²) in [6, 6.07) is 0. The third-order valence-electron chi connectivity index (χ3n) is 2.66. The predicted molar refractivity (Wildman–Crippen MR) is 54.4 cm³/mol. The van der Waals surface area contributed by atoms with Crippen LogP contribution in [0.25, 0.3) is 0 Å². The zero-order valence-electron chi connectivity index (χ0n) is 9.92. The van der Waals surface area contributed by atoms with Crippen molar-refractivity contribution in [2.75, 3.05) is 0 Å². The van der Waals surface area contributed by atoms with E-state index in [0.29, 0.717) is 5.92 Å². The molecule has 0 heterocycles. The third-order valence-corrected chi connectivity index (χ3v) is 2.66. The van der Waals surface area contributed by atoms with Gasteiger partial charge in [0.05, 0.1) is 6.42 Å². The summed E-state index contributed by atoms with van der Waals surface area (Å²) in [4.78, 5) is 10.6. The van der Waals surface area contributed by atoms with Crippen molar-refractivity contribution < 1.29 is 42.6 Å². The minimum absolute atomic E-state index is 0. The van der Waals surface area contributed by atoms with Crippen molar-refractivity contribution in [2.45, 2.75) is 47.5 Å². The smallest absolute Gasteiger partial charge is 0.303 e. The molecule has 1 unspecified atom stereocenters. The van der Waals surface area contributed by atoms with Crippen LogP contribution in [0, 0.1) is 17.3 Å². The van der Waals surface area contributed by atoms with Gasteiger partial charge in [-0.05, 0) is 5.41 Å². The summed E-state index contributed by atoms with van der Waals surface area (Å²) < 4.78 is 0. The van der Waals surface area contributed by atoms with Crippen LogP contribution < -0.4 is 0 Å². The van der Waals surface area contributed by atoms with E-state index in [0.717, 1.165) is 6.42 Å². The molecule has 81 valence electrons. The zero-order chi connectivity index (χ0) is 10.6. The number of rotatable bonds is 5. The molecule has 0 aromatic carbocycles. The molecule has 0 aliphatic carbocycles. The Hall–Kier alpha value is 0.574. The Labute approximate surface area is 113 Å². The van der Waals surface area contributed by atoms with E-state index < -0.39 is 5.97 Å². The molecule has 3 heteroatoms. The second-order valence-corrected chi connectivity index (χ2v) is 4.87. The molecule has 0 aliphatic heterocycles. The first kappa shape index (κ1) is 17.0. The first-order valence-corrected chi connectivity index (χ1v) is 4.76. The van der Waals surface area contributed by atoms with Gasteiger partial charge >= 0.3 is 5.97 Å². The van der Waals surface area contributed by atoms with Gasteiger partial charge in [-0.25, -0.2) is 0 Å². The molecule has 0 fully saturated rings. The van der Waals surface area contributed by atoms with Crippen LogP contribution >= 0.6 is 0 Å². The molecule has 0 saturated carbocycles. The Balaban J connectivity index is 0. The average molecular weight is 274 g/mol. The van der Waals surface area contributed by atoms with Crippen molar-refractivity contribution in [2.24, 2.45) is 11.3 Å². The minimum Gasteiger partial charge on any atom is -0.481 e. The molecule has 0 amide bonds. The second-order valence-electron chi connectivity index (χ2n) is 4.87. The van der Waals surface area contributed by atoms with Gasteiger partial charge in [0.15, 0.2) is 0 Å². The number of hydrogen-bond donors (Lipinski definition) is 1. The van der Waals surface area contributed by atoms with Gasteiger partial charge in [-0.1, -0.05) is 26.7 Å². The van der Waals surface area contributed by atoms with Gasteiger partial charge in [0.25, 0.3) is 0 Å². The van der Waals surface area contributed by atoms with Crippen molar-refractivity contribution in [1.29, 1.82) is 0 Å². The maximum Gasteiger partial charge on any atom is 0.303 e. The van der Waals surface area contributed by atoms with Crippen molar-refractivity contribution >= 4 is 5.97 Å². The standard InChI is InChI=1S/C11H21O2.Y/c1-8(2)6-9(3)11(4,5)7-10(12)13;/h9H,6-7H2,1-5H3,(H,12,13);/q-1;. The van der Waals surface area contributed by atoms with Gasteiger partial charge in [0.2, 0.25) is 0 Å². The Kier molecular flexibility index (Phi) is 8.43. The minimum atomic E-state index is -0.703. The summed E-state index contributed by atoms with van der Waals surface area (Å²) in [5.74, 6) is 1.09. The molecular formula is C11H21O2Y-. The van der Waals surface area contributed by atoms with E-state index >= 15 is 0 Å². The van der Waals surface area contributed by atoms with E-state index in [4.69, 9.17) is 5.11 Å². The van der Waals surface area contributed by atoms with Crippen molar-refractivity contribution in [3.63, 3.8) is 0 Å². The average Bonchev–Trinajstić information content (AvgIpc) is 1.81. The van der Waals surface area contributed by atoms with E-state index in [-0.39, 0.29) is 44.5 Å². The van der Waals surface area contributed by atoms with Crippen LogP contribution in [-0.4, -0.2) is 11.1 Å². The zero-order valence-corrected chi connectivity index (χ0v) is 12.8. The molecule has 0 saturated heterocycles. The van der Waals surface area contributed by atoms with Gasteiger partial charge in [-0.2, -0.15) is 20.3 Å². The van der Waals surface area contributed by atoms with Crippen molar-refractivity contribution in [3.8, 4) is 0 Å². The van der Waals surface area contributed by atoms with Crippen LogP contribution in [-0.2, 0) is 37.5 Å². The first-order chi connectivity index (χ1) is 5.75. The fourth-order valence-electron chi connectivity index (χ4n) is 1.45. The second kappa shape index (κ2) is 6.95. The molecule has 1 atom stereocenters. The number of carboxylic acid groups (broad SMARTS) is 1. The Morgan fingerprint density at radius 1 is 1.43 bits per heavy atom. The summed E-state index contributed by atoms with van der Waals surface area (Å²) in [7, 11) is 0. The summed E-state index contributed by atoms with van der Waals surface area (Å²) in [5, 5.41) is 8.73. The Morgan fingerprint density at radius 2 is 1.86 bits per heavy atom. The molecule has 0 spiro atoms. The molecular weight excluding hydrogens is 253 g/mol. The molecule has 0 bridgehead atoms. The Bertz CT molecular complexity index is 176. The normalized spacial score (nSPS) is 13.6. The van der Waals surface area contributed by atoms with Crippen LogP contribution in [0.1, 0.15) is 47.5 Å². The topological polar surface area (TPSA) is 37.3 Å². The molecule has 1 radical (unpaired) electrons. The van der Waals surface area contributed by atoms with Crippen molar-refractivity contribution in [1.82, 2.24) is 0 Å². The molecule has 2 nitrogen and oxygen atoms in total. The van der Waals surface area contributed by atoms with E-state index in [1.54, 1.807) is 0 Å². The largest absolute Gasteiger partial charge is 0.481 e. The third kappa shape index (κ3) is 6.94. The number of hydrogen-bond acceptors (Lipinski definition) is 1. The van der Waals surface area contributed by atoms with Gasteiger partial charge < -0.3 is 11.0 Å². The van der Waals surface area contributed by atoms with Crippen molar-refractivity contribution in [3.05, 3.63) is 5.92 Å². The van der Waals surface area contributed by atoms with Crippen LogP contribution in [0.3, 0.4) is 0 Å². The maximum absolute atomic E-state index is 10.6. The van der Waals surface area contributed by atoms with E-state index in [2.05, 4.69) is 20.8 Å². The number of aliphatic carboxylic acids is 1. The summed E-state index contributed by atoms with van der Waals surface area (Å²) in [5.41, 5.74) is -0.108. The number of carbonyl (C=O) groups is 1.